The van der Waals surface area contributed by atoms with Crippen LogP contribution in [-0.2, 0) is 6.54 Å². The second kappa shape index (κ2) is 4.69. The summed E-state index contributed by atoms with van der Waals surface area (Å²) in [6.45, 7) is 0.132. The van der Waals surface area contributed by atoms with E-state index in [1.54, 1.807) is 0 Å². The average Bonchev–Trinajstić information content (AvgIpc) is 2.05. The number of phenolic OH excluding ortho intramolecular Hbond substituents is 1. The topological polar surface area (TPSA) is 83.6 Å². The maximum absolute atomic E-state index is 10.5. The predicted octanol–water partition coefficient (Wildman–Crippen LogP) is 0.971. The predicted molar refractivity (Wildman–Crippen MR) is 50.2 cm³/mol. The molecule has 0 spiro atoms. The summed E-state index contributed by atoms with van der Waals surface area (Å²) in [5, 5.41) is 17.7. The summed E-state index contributed by atoms with van der Waals surface area (Å²) in [5.74, 6) is -0.993. The van der Waals surface area contributed by atoms with Gasteiger partial charge in [-0.1, -0.05) is 0 Å². The van der Waals surface area contributed by atoms with Crippen LogP contribution in [0, 0.1) is 0 Å². The zero-order valence-electron chi connectivity index (χ0n) is 6.73. The summed E-state index contributed by atoms with van der Waals surface area (Å²) in [6.07, 6.45) is 0. The van der Waals surface area contributed by atoms with E-state index in [1.807, 2.05) is 0 Å². The van der Waals surface area contributed by atoms with Gasteiger partial charge in [-0.2, -0.15) is 0 Å². The maximum Gasteiger partial charge on any atom is 0.335 e. The highest BCUT2D eigenvalue weighted by Gasteiger charge is 2.05. The van der Waals surface area contributed by atoms with Crippen molar-refractivity contribution < 1.29 is 15.0 Å². The third-order valence-corrected chi connectivity index (χ3v) is 1.55. The Morgan fingerprint density at radius 3 is 2.54 bits per heavy atom. The lowest BCUT2D eigenvalue weighted by Gasteiger charge is -2.01. The molecule has 0 atom stereocenters. The lowest BCUT2D eigenvalue weighted by molar-refractivity contribution is 0.0697. The number of aromatic carboxylic acids is 1. The van der Waals surface area contributed by atoms with Crippen molar-refractivity contribution in [1.29, 1.82) is 0 Å². The molecule has 4 N–H and O–H groups in total. The molecule has 0 aliphatic heterocycles. The molecule has 72 valence electrons. The van der Waals surface area contributed by atoms with Crippen LogP contribution in [0.5, 0.6) is 5.75 Å². The van der Waals surface area contributed by atoms with Crippen LogP contribution in [0.1, 0.15) is 15.9 Å². The highest BCUT2D eigenvalue weighted by Crippen LogP contribution is 2.17. The molecule has 0 aliphatic rings. The van der Waals surface area contributed by atoms with E-state index in [-0.39, 0.29) is 30.3 Å². The van der Waals surface area contributed by atoms with Crippen molar-refractivity contribution in [1.82, 2.24) is 0 Å². The molecule has 13 heavy (non-hydrogen) atoms. The SMILES string of the molecule is Cl.NCc1cc(C(=O)O)ccc1O. The fourth-order valence-corrected chi connectivity index (χ4v) is 0.882. The molecule has 1 aromatic carbocycles. The summed E-state index contributed by atoms with van der Waals surface area (Å²) >= 11 is 0. The number of nitrogens with two attached hydrogens (primary N) is 1. The van der Waals surface area contributed by atoms with E-state index in [1.165, 1.54) is 18.2 Å². The first kappa shape index (κ1) is 11.7. The first-order valence-electron chi connectivity index (χ1n) is 3.40. The number of carboxylic acids is 1. The van der Waals surface area contributed by atoms with Crippen molar-refractivity contribution in [2.24, 2.45) is 5.73 Å². The largest absolute Gasteiger partial charge is 0.508 e. The molecule has 1 rings (SSSR count). The fraction of sp³-hybridized carbons (Fsp3) is 0.125. The molecule has 0 fully saturated rings. The molecule has 0 aliphatic carbocycles. The van der Waals surface area contributed by atoms with Gasteiger partial charge < -0.3 is 15.9 Å². The molecule has 4 nitrogen and oxygen atoms in total. The van der Waals surface area contributed by atoms with Crippen LogP contribution in [0.15, 0.2) is 18.2 Å². The van der Waals surface area contributed by atoms with Crippen molar-refractivity contribution in [3.63, 3.8) is 0 Å². The maximum atomic E-state index is 10.5. The Labute approximate surface area is 81.4 Å². The van der Waals surface area contributed by atoms with E-state index in [0.29, 0.717) is 5.56 Å². The van der Waals surface area contributed by atoms with E-state index in [0.717, 1.165) is 0 Å². The Morgan fingerprint density at radius 2 is 2.08 bits per heavy atom. The number of hydrogen-bond acceptors (Lipinski definition) is 3. The number of carbonyl (C=O) groups is 1. The minimum Gasteiger partial charge on any atom is -0.508 e. The number of phenols is 1. The molecule has 0 saturated carbocycles. The molecule has 0 bridgehead atoms. The molecule has 0 aromatic heterocycles. The van der Waals surface area contributed by atoms with E-state index in [9.17, 15) is 4.79 Å². The summed E-state index contributed by atoms with van der Waals surface area (Å²) in [6, 6.07) is 4.01. The summed E-state index contributed by atoms with van der Waals surface area (Å²) in [5.41, 5.74) is 5.84. The van der Waals surface area contributed by atoms with Crippen LogP contribution in [0.2, 0.25) is 0 Å². The van der Waals surface area contributed by atoms with E-state index in [4.69, 9.17) is 15.9 Å². The minimum atomic E-state index is -1.02. The van der Waals surface area contributed by atoms with Crippen LogP contribution in [0.25, 0.3) is 0 Å². The van der Waals surface area contributed by atoms with Crippen molar-refractivity contribution in [3.8, 4) is 5.75 Å². The molecule has 0 unspecified atom stereocenters. The fourth-order valence-electron chi connectivity index (χ4n) is 0.882. The normalized spacial score (nSPS) is 9.00. The molecule has 5 heteroatoms. The number of benzene rings is 1. The molecular formula is C8H10ClNO3. The minimum absolute atomic E-state index is 0. The smallest absolute Gasteiger partial charge is 0.335 e. The van der Waals surface area contributed by atoms with Crippen molar-refractivity contribution in [2.75, 3.05) is 0 Å². The Balaban J connectivity index is 0.00000144. The van der Waals surface area contributed by atoms with Gasteiger partial charge in [0.15, 0.2) is 0 Å². The summed E-state index contributed by atoms with van der Waals surface area (Å²) < 4.78 is 0. The molecule has 1 aromatic rings. The molecule has 0 amide bonds. The zero-order valence-corrected chi connectivity index (χ0v) is 7.54. The lowest BCUT2D eigenvalue weighted by atomic mass is 10.1. The first-order valence-corrected chi connectivity index (χ1v) is 3.40. The number of halogens is 1. The number of rotatable bonds is 2. The third kappa shape index (κ3) is 2.61. The van der Waals surface area contributed by atoms with E-state index < -0.39 is 5.97 Å². The highest BCUT2D eigenvalue weighted by molar-refractivity contribution is 5.88. The molecular weight excluding hydrogens is 194 g/mol. The average molecular weight is 204 g/mol. The van der Waals surface area contributed by atoms with Crippen LogP contribution in [0.3, 0.4) is 0 Å². The quantitative estimate of drug-likeness (QED) is 0.669. The molecule has 0 radical (unpaired) electrons. The van der Waals surface area contributed by atoms with Gasteiger partial charge in [0.25, 0.3) is 0 Å². The van der Waals surface area contributed by atoms with Gasteiger partial charge in [-0.3, -0.25) is 0 Å². The third-order valence-electron chi connectivity index (χ3n) is 1.55. The van der Waals surface area contributed by atoms with Gasteiger partial charge in [0, 0.05) is 12.1 Å². The van der Waals surface area contributed by atoms with Crippen LogP contribution < -0.4 is 5.73 Å². The standard InChI is InChI=1S/C8H9NO3.ClH/c9-4-6-3-5(8(11)12)1-2-7(6)10;/h1-3,10H,4,9H2,(H,11,12);1H. The van der Waals surface area contributed by atoms with Gasteiger partial charge >= 0.3 is 5.97 Å². The van der Waals surface area contributed by atoms with Gasteiger partial charge in [0.05, 0.1) is 5.56 Å². The van der Waals surface area contributed by atoms with Crippen molar-refractivity contribution in [2.45, 2.75) is 6.54 Å². The van der Waals surface area contributed by atoms with Gasteiger partial charge in [0.1, 0.15) is 5.75 Å². The van der Waals surface area contributed by atoms with Gasteiger partial charge in [-0.15, -0.1) is 12.4 Å². The molecule has 0 saturated heterocycles. The number of hydrogen-bond donors (Lipinski definition) is 3. The van der Waals surface area contributed by atoms with Crippen LogP contribution in [0.4, 0.5) is 0 Å². The van der Waals surface area contributed by atoms with Gasteiger partial charge in [-0.25, -0.2) is 4.79 Å². The van der Waals surface area contributed by atoms with Crippen molar-refractivity contribution in [3.05, 3.63) is 29.3 Å². The Bertz CT molecular complexity index is 314. The Morgan fingerprint density at radius 1 is 1.46 bits per heavy atom. The summed E-state index contributed by atoms with van der Waals surface area (Å²) in [4.78, 5) is 10.5. The van der Waals surface area contributed by atoms with Gasteiger partial charge in [-0.05, 0) is 18.2 Å². The van der Waals surface area contributed by atoms with Gasteiger partial charge in [0.2, 0.25) is 0 Å². The Hall–Kier alpha value is -1.26. The first-order chi connectivity index (χ1) is 5.65. The zero-order chi connectivity index (χ0) is 9.14. The van der Waals surface area contributed by atoms with Crippen LogP contribution in [-0.4, -0.2) is 16.2 Å². The molecule has 0 heterocycles. The Kier molecular flexibility index (Phi) is 4.23. The number of carboxylic acid groups (broad SMARTS) is 1. The second-order valence-corrected chi connectivity index (χ2v) is 2.35. The number of aromatic hydroxyl groups is 1. The highest BCUT2D eigenvalue weighted by atomic mass is 35.5. The summed E-state index contributed by atoms with van der Waals surface area (Å²) in [7, 11) is 0. The van der Waals surface area contributed by atoms with E-state index >= 15 is 0 Å². The monoisotopic (exact) mass is 203 g/mol. The van der Waals surface area contributed by atoms with E-state index in [2.05, 4.69) is 0 Å². The second-order valence-electron chi connectivity index (χ2n) is 2.35. The lowest BCUT2D eigenvalue weighted by Crippen LogP contribution is -2.01. The van der Waals surface area contributed by atoms with Crippen molar-refractivity contribution >= 4 is 18.4 Å². The van der Waals surface area contributed by atoms with Crippen LogP contribution >= 0.6 is 12.4 Å².